The highest BCUT2D eigenvalue weighted by atomic mass is 32.2. The first-order valence-electron chi connectivity index (χ1n) is 3.87. The maximum absolute atomic E-state index is 11.2. The summed E-state index contributed by atoms with van der Waals surface area (Å²) in [4.78, 5) is 11.4. The number of hydrogen-bond donors (Lipinski definition) is 0. The molecule has 1 aliphatic rings. The van der Waals surface area contributed by atoms with Gasteiger partial charge in [-0.3, -0.25) is 4.79 Å². The van der Waals surface area contributed by atoms with Crippen LogP contribution in [0, 0.1) is 0 Å². The van der Waals surface area contributed by atoms with Gasteiger partial charge in [0.05, 0.1) is 11.5 Å². The van der Waals surface area contributed by atoms with Gasteiger partial charge in [0.15, 0.2) is 16.1 Å². The van der Waals surface area contributed by atoms with Crippen molar-refractivity contribution in [3.05, 3.63) is 21.4 Å². The standard InChI is InChI=1S/C8H8O3S2/c9-3-6-4-12-8-5-13(10,11)2-1-7(6)8/h3-4H,1-2,5H2. The van der Waals surface area contributed by atoms with Crippen molar-refractivity contribution in [2.24, 2.45) is 0 Å². The van der Waals surface area contributed by atoms with Crippen molar-refractivity contribution in [2.75, 3.05) is 5.75 Å². The molecule has 2 rings (SSSR count). The summed E-state index contributed by atoms with van der Waals surface area (Å²) in [6.45, 7) is 0. The van der Waals surface area contributed by atoms with Crippen LogP contribution in [0.25, 0.3) is 0 Å². The molecule has 3 nitrogen and oxygen atoms in total. The molecule has 0 N–H and O–H groups in total. The molecule has 0 spiro atoms. The number of hydrogen-bond acceptors (Lipinski definition) is 4. The Hall–Kier alpha value is -0.680. The van der Waals surface area contributed by atoms with Crippen LogP contribution in [-0.4, -0.2) is 20.5 Å². The molecule has 0 bridgehead atoms. The zero-order valence-electron chi connectivity index (χ0n) is 6.82. The number of carbonyl (C=O) groups is 1. The Morgan fingerprint density at radius 3 is 2.92 bits per heavy atom. The van der Waals surface area contributed by atoms with Gasteiger partial charge < -0.3 is 0 Å². The fourth-order valence-corrected chi connectivity index (χ4v) is 4.34. The second-order valence-electron chi connectivity index (χ2n) is 3.05. The average molecular weight is 216 g/mol. The number of sulfone groups is 1. The normalized spacial score (nSPS) is 19.4. The van der Waals surface area contributed by atoms with Crippen LogP contribution in [0.5, 0.6) is 0 Å². The first-order valence-corrected chi connectivity index (χ1v) is 6.57. The van der Waals surface area contributed by atoms with E-state index < -0.39 is 9.84 Å². The molecule has 70 valence electrons. The van der Waals surface area contributed by atoms with Gasteiger partial charge in [0, 0.05) is 15.8 Å². The van der Waals surface area contributed by atoms with Crippen molar-refractivity contribution in [3.8, 4) is 0 Å². The molecule has 13 heavy (non-hydrogen) atoms. The summed E-state index contributed by atoms with van der Waals surface area (Å²) >= 11 is 1.37. The van der Waals surface area contributed by atoms with Crippen molar-refractivity contribution < 1.29 is 13.2 Å². The average Bonchev–Trinajstić information content (AvgIpc) is 2.44. The maximum Gasteiger partial charge on any atom is 0.155 e. The summed E-state index contributed by atoms with van der Waals surface area (Å²) in [5.41, 5.74) is 1.60. The highest BCUT2D eigenvalue weighted by molar-refractivity contribution is 7.90. The maximum atomic E-state index is 11.2. The van der Waals surface area contributed by atoms with Gasteiger partial charge in [0.2, 0.25) is 0 Å². The molecule has 0 saturated carbocycles. The van der Waals surface area contributed by atoms with Gasteiger partial charge in [-0.2, -0.15) is 0 Å². The van der Waals surface area contributed by atoms with Crippen molar-refractivity contribution >= 4 is 27.5 Å². The van der Waals surface area contributed by atoms with Crippen LogP contribution in [-0.2, 0) is 22.0 Å². The molecule has 0 radical (unpaired) electrons. The van der Waals surface area contributed by atoms with Crippen molar-refractivity contribution in [1.82, 2.24) is 0 Å². The molecule has 0 aliphatic carbocycles. The van der Waals surface area contributed by atoms with Gasteiger partial charge in [0.1, 0.15) is 0 Å². The Bertz CT molecular complexity index is 442. The number of fused-ring (bicyclic) bond motifs is 1. The second kappa shape index (κ2) is 2.92. The molecular formula is C8H8O3S2. The topological polar surface area (TPSA) is 51.2 Å². The molecule has 0 unspecified atom stereocenters. The number of aldehydes is 1. The lowest BCUT2D eigenvalue weighted by Gasteiger charge is -2.11. The van der Waals surface area contributed by atoms with Crippen LogP contribution < -0.4 is 0 Å². The monoisotopic (exact) mass is 216 g/mol. The van der Waals surface area contributed by atoms with Crippen LogP contribution in [0.4, 0.5) is 0 Å². The summed E-state index contributed by atoms with van der Waals surface area (Å²) in [7, 11) is -2.90. The summed E-state index contributed by atoms with van der Waals surface area (Å²) in [6.07, 6.45) is 1.29. The smallest absolute Gasteiger partial charge is 0.155 e. The molecule has 0 aromatic carbocycles. The van der Waals surface area contributed by atoms with E-state index >= 15 is 0 Å². The van der Waals surface area contributed by atoms with E-state index in [4.69, 9.17) is 0 Å². The van der Waals surface area contributed by atoms with Gasteiger partial charge in [0.25, 0.3) is 0 Å². The summed E-state index contributed by atoms with van der Waals surface area (Å²) in [6, 6.07) is 0. The predicted molar refractivity (Wildman–Crippen MR) is 50.9 cm³/mol. The van der Waals surface area contributed by atoms with E-state index in [2.05, 4.69) is 0 Å². The Morgan fingerprint density at radius 2 is 2.23 bits per heavy atom. The van der Waals surface area contributed by atoms with E-state index in [1.165, 1.54) is 11.3 Å². The predicted octanol–water partition coefficient (Wildman–Crippen LogP) is 1.03. The largest absolute Gasteiger partial charge is 0.298 e. The highest BCUT2D eigenvalue weighted by Crippen LogP contribution is 2.28. The van der Waals surface area contributed by atoms with Crippen LogP contribution in [0.1, 0.15) is 20.8 Å². The lowest BCUT2D eigenvalue weighted by molar-refractivity contribution is 0.112. The number of thiophene rings is 1. The van der Waals surface area contributed by atoms with Gasteiger partial charge in [-0.1, -0.05) is 0 Å². The molecule has 0 amide bonds. The van der Waals surface area contributed by atoms with Gasteiger partial charge >= 0.3 is 0 Å². The number of rotatable bonds is 1. The van der Waals surface area contributed by atoms with E-state index in [0.29, 0.717) is 12.0 Å². The lowest BCUT2D eigenvalue weighted by Crippen LogP contribution is -2.17. The Balaban J connectivity index is 2.49. The third-order valence-corrected chi connectivity index (χ3v) is 4.94. The van der Waals surface area contributed by atoms with Crippen molar-refractivity contribution in [3.63, 3.8) is 0 Å². The van der Waals surface area contributed by atoms with E-state index in [1.54, 1.807) is 5.38 Å². The first kappa shape index (κ1) is 8.90. The van der Waals surface area contributed by atoms with E-state index in [9.17, 15) is 13.2 Å². The van der Waals surface area contributed by atoms with E-state index in [1.807, 2.05) is 0 Å². The van der Waals surface area contributed by atoms with E-state index in [0.717, 1.165) is 16.7 Å². The van der Waals surface area contributed by atoms with Gasteiger partial charge in [-0.25, -0.2) is 8.42 Å². The quantitative estimate of drug-likeness (QED) is 0.659. The summed E-state index contributed by atoms with van der Waals surface area (Å²) in [5, 5.41) is 1.73. The molecule has 1 aliphatic heterocycles. The summed E-state index contributed by atoms with van der Waals surface area (Å²) < 4.78 is 22.5. The third-order valence-electron chi connectivity index (χ3n) is 2.15. The third kappa shape index (κ3) is 1.53. The highest BCUT2D eigenvalue weighted by Gasteiger charge is 2.24. The summed E-state index contributed by atoms with van der Waals surface area (Å²) in [5.74, 6) is 0.290. The molecular weight excluding hydrogens is 208 g/mol. The Labute approximate surface area is 80.3 Å². The van der Waals surface area contributed by atoms with E-state index in [-0.39, 0.29) is 11.5 Å². The SMILES string of the molecule is O=Cc1csc2c1CCS(=O)(=O)C2. The Morgan fingerprint density at radius 1 is 1.46 bits per heavy atom. The van der Waals surface area contributed by atoms with Gasteiger partial charge in [-0.15, -0.1) is 11.3 Å². The minimum Gasteiger partial charge on any atom is -0.298 e. The molecule has 5 heteroatoms. The second-order valence-corrected chi connectivity index (χ2v) is 6.20. The van der Waals surface area contributed by atoms with Crippen LogP contribution in [0.2, 0.25) is 0 Å². The lowest BCUT2D eigenvalue weighted by atomic mass is 10.1. The first-order chi connectivity index (χ1) is 6.12. The van der Waals surface area contributed by atoms with Crippen LogP contribution in [0.15, 0.2) is 5.38 Å². The molecule has 0 atom stereocenters. The van der Waals surface area contributed by atoms with Crippen LogP contribution in [0.3, 0.4) is 0 Å². The zero-order valence-corrected chi connectivity index (χ0v) is 8.45. The van der Waals surface area contributed by atoms with Gasteiger partial charge in [-0.05, 0) is 12.0 Å². The molecule has 2 heterocycles. The fourth-order valence-electron chi connectivity index (χ4n) is 1.47. The van der Waals surface area contributed by atoms with Crippen molar-refractivity contribution in [1.29, 1.82) is 0 Å². The fraction of sp³-hybridized carbons (Fsp3) is 0.375. The molecule has 0 saturated heterocycles. The molecule has 1 aromatic rings. The van der Waals surface area contributed by atoms with Crippen molar-refractivity contribution in [2.45, 2.75) is 12.2 Å². The van der Waals surface area contributed by atoms with Crippen LogP contribution >= 0.6 is 11.3 Å². The number of carbonyl (C=O) groups excluding carboxylic acids is 1. The molecule has 0 fully saturated rings. The Kier molecular flexibility index (Phi) is 2.00. The minimum absolute atomic E-state index is 0.112. The minimum atomic E-state index is -2.90. The zero-order chi connectivity index (χ0) is 9.47. The molecule has 1 aromatic heterocycles.